The van der Waals surface area contributed by atoms with E-state index in [9.17, 15) is 22.0 Å². The number of pyridine rings is 1. The summed E-state index contributed by atoms with van der Waals surface area (Å²) in [7, 11) is 0. The maximum Gasteiger partial charge on any atom is 0.418 e. The van der Waals surface area contributed by atoms with Gasteiger partial charge in [-0.2, -0.15) is 13.2 Å². The van der Waals surface area contributed by atoms with Crippen LogP contribution in [0.2, 0.25) is 0 Å². The highest BCUT2D eigenvalue weighted by Crippen LogP contribution is 2.40. The van der Waals surface area contributed by atoms with E-state index < -0.39 is 41.7 Å². The molecule has 0 atom stereocenters. The van der Waals surface area contributed by atoms with Crippen molar-refractivity contribution < 1.29 is 27.1 Å². The molecule has 1 rings (SSSR count). The van der Waals surface area contributed by atoms with Crippen LogP contribution in [0.4, 0.5) is 27.6 Å². The lowest BCUT2D eigenvalue weighted by atomic mass is 10.1. The number of aromatic nitrogens is 1. The van der Waals surface area contributed by atoms with Crippen molar-refractivity contribution in [2.45, 2.75) is 19.2 Å². The lowest BCUT2D eigenvalue weighted by molar-refractivity contribution is -0.139. The molecule has 3 N–H and O–H groups in total. The van der Waals surface area contributed by atoms with Crippen LogP contribution in [0.5, 0.6) is 0 Å². The largest absolute Gasteiger partial charge is 0.418 e. The lowest BCUT2D eigenvalue weighted by Crippen LogP contribution is -2.16. The van der Waals surface area contributed by atoms with Crippen molar-refractivity contribution in [1.29, 1.82) is 0 Å². The lowest BCUT2D eigenvalue weighted by Gasteiger charge is -2.16. The van der Waals surface area contributed by atoms with Crippen LogP contribution in [0, 0.1) is 0 Å². The van der Waals surface area contributed by atoms with Gasteiger partial charge >= 0.3 is 6.18 Å². The highest BCUT2D eigenvalue weighted by molar-refractivity contribution is 5.55. The third-order valence-electron chi connectivity index (χ3n) is 1.90. The van der Waals surface area contributed by atoms with E-state index in [1.807, 2.05) is 0 Å². The number of hydrogen-bond donors (Lipinski definition) is 2. The zero-order valence-corrected chi connectivity index (χ0v) is 7.72. The molecule has 8 heteroatoms. The van der Waals surface area contributed by atoms with Crippen molar-refractivity contribution in [2.24, 2.45) is 0 Å². The second kappa shape index (κ2) is 4.20. The SMILES string of the molecule is Nc1c(CO)ncc(C(F)F)c1C(F)(F)F. The molecule has 0 saturated heterocycles. The zero-order valence-electron chi connectivity index (χ0n) is 7.72. The van der Waals surface area contributed by atoms with Gasteiger partial charge in [0, 0.05) is 6.20 Å². The number of aliphatic hydroxyl groups excluding tert-OH is 1. The maximum absolute atomic E-state index is 12.5. The average molecular weight is 242 g/mol. The summed E-state index contributed by atoms with van der Waals surface area (Å²) in [5.41, 5.74) is 0.675. The molecule has 1 aromatic rings. The van der Waals surface area contributed by atoms with Gasteiger partial charge < -0.3 is 10.8 Å². The number of aliphatic hydroxyl groups is 1. The number of rotatable bonds is 2. The van der Waals surface area contributed by atoms with Crippen LogP contribution < -0.4 is 5.73 Å². The first kappa shape index (κ1) is 12.6. The molecule has 0 saturated carbocycles. The topological polar surface area (TPSA) is 59.1 Å². The third-order valence-corrected chi connectivity index (χ3v) is 1.90. The maximum atomic E-state index is 12.5. The second-order valence-corrected chi connectivity index (χ2v) is 2.91. The van der Waals surface area contributed by atoms with Gasteiger partial charge in [0.05, 0.1) is 29.1 Å². The molecule has 0 amide bonds. The van der Waals surface area contributed by atoms with Crippen LogP contribution in [0.25, 0.3) is 0 Å². The summed E-state index contributed by atoms with van der Waals surface area (Å²) in [5.74, 6) is 0. The monoisotopic (exact) mass is 242 g/mol. The Morgan fingerprint density at radius 1 is 1.38 bits per heavy atom. The van der Waals surface area contributed by atoms with Crippen molar-refractivity contribution in [3.8, 4) is 0 Å². The van der Waals surface area contributed by atoms with Gasteiger partial charge in [-0.1, -0.05) is 0 Å². The van der Waals surface area contributed by atoms with E-state index in [0.29, 0.717) is 6.20 Å². The van der Waals surface area contributed by atoms with E-state index in [4.69, 9.17) is 10.8 Å². The third kappa shape index (κ3) is 2.21. The van der Waals surface area contributed by atoms with Crippen LogP contribution in [-0.4, -0.2) is 10.1 Å². The molecule has 3 nitrogen and oxygen atoms in total. The van der Waals surface area contributed by atoms with Gasteiger partial charge in [-0.15, -0.1) is 0 Å². The summed E-state index contributed by atoms with van der Waals surface area (Å²) < 4.78 is 62.0. The van der Waals surface area contributed by atoms with Gasteiger partial charge in [-0.25, -0.2) is 8.78 Å². The molecule has 0 radical (unpaired) electrons. The summed E-state index contributed by atoms with van der Waals surface area (Å²) in [6.07, 6.45) is -7.97. The Hall–Kier alpha value is -1.44. The Balaban J connectivity index is 3.50. The first-order chi connectivity index (χ1) is 7.29. The number of anilines is 1. The molecule has 0 aliphatic carbocycles. The molecule has 0 fully saturated rings. The van der Waals surface area contributed by atoms with Gasteiger partial charge in [0.2, 0.25) is 0 Å². The van der Waals surface area contributed by atoms with Gasteiger partial charge in [0.15, 0.2) is 0 Å². The molecule has 0 aliphatic heterocycles. The minimum absolute atomic E-state index is 0.370. The van der Waals surface area contributed by atoms with Crippen LogP contribution in [0.1, 0.15) is 23.2 Å². The van der Waals surface area contributed by atoms with Crippen LogP contribution in [-0.2, 0) is 12.8 Å². The molecule has 0 aromatic carbocycles. The fourth-order valence-corrected chi connectivity index (χ4v) is 1.19. The fourth-order valence-electron chi connectivity index (χ4n) is 1.19. The highest BCUT2D eigenvalue weighted by atomic mass is 19.4. The summed E-state index contributed by atoms with van der Waals surface area (Å²) in [6, 6.07) is 0. The molecule has 1 aromatic heterocycles. The quantitative estimate of drug-likeness (QED) is 0.781. The van der Waals surface area contributed by atoms with E-state index in [-0.39, 0.29) is 0 Å². The van der Waals surface area contributed by atoms with Crippen LogP contribution >= 0.6 is 0 Å². The molecular formula is C8H7F5N2O. The molecule has 1 heterocycles. The molecule has 90 valence electrons. The van der Waals surface area contributed by atoms with Crippen molar-refractivity contribution in [2.75, 3.05) is 5.73 Å². The average Bonchev–Trinajstić information content (AvgIpc) is 2.14. The minimum atomic E-state index is -5.01. The van der Waals surface area contributed by atoms with E-state index in [2.05, 4.69) is 4.98 Å². The first-order valence-corrected chi connectivity index (χ1v) is 4.02. The van der Waals surface area contributed by atoms with Crippen LogP contribution in [0.15, 0.2) is 6.20 Å². The zero-order chi connectivity index (χ0) is 12.5. The van der Waals surface area contributed by atoms with Gasteiger partial charge in [-0.3, -0.25) is 4.98 Å². The normalized spacial score (nSPS) is 12.2. The minimum Gasteiger partial charge on any atom is -0.397 e. The van der Waals surface area contributed by atoms with Crippen molar-refractivity contribution >= 4 is 5.69 Å². The first-order valence-electron chi connectivity index (χ1n) is 4.02. The number of hydrogen-bond acceptors (Lipinski definition) is 3. The Bertz CT molecular complexity index is 391. The van der Waals surface area contributed by atoms with Crippen LogP contribution in [0.3, 0.4) is 0 Å². The summed E-state index contributed by atoms with van der Waals surface area (Å²) in [5, 5.41) is 8.64. The van der Waals surface area contributed by atoms with E-state index in [0.717, 1.165) is 0 Å². The molecule has 0 spiro atoms. The van der Waals surface area contributed by atoms with E-state index >= 15 is 0 Å². The smallest absolute Gasteiger partial charge is 0.397 e. The predicted molar refractivity (Wildman–Crippen MR) is 44.5 cm³/mol. The number of alkyl halides is 5. The van der Waals surface area contributed by atoms with Gasteiger partial charge in [0.1, 0.15) is 0 Å². The number of halogens is 5. The number of nitrogen functional groups attached to an aromatic ring is 1. The van der Waals surface area contributed by atoms with Gasteiger partial charge in [-0.05, 0) is 0 Å². The number of nitrogens with two attached hydrogens (primary N) is 1. The van der Waals surface area contributed by atoms with Gasteiger partial charge in [0.25, 0.3) is 6.43 Å². The molecule has 0 unspecified atom stereocenters. The fraction of sp³-hybridized carbons (Fsp3) is 0.375. The van der Waals surface area contributed by atoms with Crippen molar-refractivity contribution in [3.63, 3.8) is 0 Å². The molecule has 0 aliphatic rings. The standard InChI is InChI=1S/C8H7F5N2O/c9-7(10)3-1-15-4(2-16)6(14)5(3)8(11,12)13/h1,7,16H,2,14H2. The van der Waals surface area contributed by atoms with E-state index in [1.54, 1.807) is 0 Å². The molecule has 0 bridgehead atoms. The Labute approximate surface area is 86.7 Å². The number of nitrogens with zero attached hydrogens (tertiary/aromatic N) is 1. The van der Waals surface area contributed by atoms with E-state index in [1.165, 1.54) is 0 Å². The Kier molecular flexibility index (Phi) is 3.32. The Morgan fingerprint density at radius 3 is 2.31 bits per heavy atom. The summed E-state index contributed by atoms with van der Waals surface area (Å²) in [4.78, 5) is 3.24. The summed E-state index contributed by atoms with van der Waals surface area (Å²) >= 11 is 0. The summed E-state index contributed by atoms with van der Waals surface area (Å²) in [6.45, 7) is -0.849. The predicted octanol–water partition coefficient (Wildman–Crippen LogP) is 2.11. The molecular weight excluding hydrogens is 235 g/mol. The Morgan fingerprint density at radius 2 is 1.94 bits per heavy atom. The second-order valence-electron chi connectivity index (χ2n) is 2.91. The highest BCUT2D eigenvalue weighted by Gasteiger charge is 2.39. The molecule has 16 heavy (non-hydrogen) atoms. The van der Waals surface area contributed by atoms with Crippen molar-refractivity contribution in [3.05, 3.63) is 23.0 Å². The van der Waals surface area contributed by atoms with Crippen molar-refractivity contribution in [1.82, 2.24) is 4.98 Å².